The molecule has 2 rings (SSSR count). The second-order valence-electron chi connectivity index (χ2n) is 4.96. The fourth-order valence-corrected chi connectivity index (χ4v) is 2.07. The maximum atomic E-state index is 12.0. The molecule has 0 aliphatic rings. The molecular formula is C15H19N3O2. The lowest BCUT2D eigenvalue weighted by atomic mass is 10.00. The highest BCUT2D eigenvalue weighted by Crippen LogP contribution is 2.18. The van der Waals surface area contributed by atoms with Gasteiger partial charge in [-0.3, -0.25) is 4.79 Å². The minimum Gasteiger partial charge on any atom is -0.508 e. The predicted molar refractivity (Wildman–Crippen MR) is 76.4 cm³/mol. The van der Waals surface area contributed by atoms with Crippen molar-refractivity contribution in [3.8, 4) is 5.75 Å². The molecule has 0 saturated heterocycles. The Hall–Kier alpha value is -2.14. The smallest absolute Gasteiger partial charge is 0.150 e. The lowest BCUT2D eigenvalue weighted by Gasteiger charge is -2.09. The van der Waals surface area contributed by atoms with Crippen molar-refractivity contribution >= 4 is 5.78 Å². The molecule has 0 amide bonds. The molecule has 5 heteroatoms. The van der Waals surface area contributed by atoms with Crippen LogP contribution >= 0.6 is 0 Å². The Morgan fingerprint density at radius 3 is 2.95 bits per heavy atom. The van der Waals surface area contributed by atoms with Crippen LogP contribution in [-0.2, 0) is 17.6 Å². The average molecular weight is 273 g/mol. The molecule has 0 radical (unpaired) electrons. The van der Waals surface area contributed by atoms with E-state index in [4.69, 9.17) is 5.73 Å². The van der Waals surface area contributed by atoms with Gasteiger partial charge in [-0.05, 0) is 30.5 Å². The lowest BCUT2D eigenvalue weighted by molar-refractivity contribution is -0.120. The van der Waals surface area contributed by atoms with E-state index < -0.39 is 6.04 Å². The van der Waals surface area contributed by atoms with Crippen LogP contribution in [0.4, 0.5) is 0 Å². The Kier molecular flexibility index (Phi) is 4.53. The zero-order chi connectivity index (χ0) is 14.5. The van der Waals surface area contributed by atoms with Gasteiger partial charge in [-0.2, -0.15) is 0 Å². The zero-order valence-corrected chi connectivity index (χ0v) is 11.5. The number of hydrogen-bond donors (Lipinski definition) is 3. The number of Topliss-reactive ketones (excluding diaryl/α,β-unsaturated/α-hetero) is 1. The molecule has 0 fully saturated rings. The summed E-state index contributed by atoms with van der Waals surface area (Å²) < 4.78 is 0. The summed E-state index contributed by atoms with van der Waals surface area (Å²) in [5, 5.41) is 9.46. The van der Waals surface area contributed by atoms with Crippen molar-refractivity contribution in [2.45, 2.75) is 32.2 Å². The molecule has 1 atom stereocenters. The van der Waals surface area contributed by atoms with Crippen LogP contribution in [-0.4, -0.2) is 26.9 Å². The third-order valence-corrected chi connectivity index (χ3v) is 3.32. The van der Waals surface area contributed by atoms with Crippen molar-refractivity contribution in [1.82, 2.24) is 9.97 Å². The van der Waals surface area contributed by atoms with Gasteiger partial charge in [0, 0.05) is 19.0 Å². The highest BCUT2D eigenvalue weighted by molar-refractivity contribution is 5.84. The van der Waals surface area contributed by atoms with Crippen LogP contribution in [0, 0.1) is 6.92 Å². The number of rotatable bonds is 6. The van der Waals surface area contributed by atoms with Crippen molar-refractivity contribution in [1.29, 1.82) is 0 Å². The number of carbonyl (C=O) groups is 1. The number of ketones is 1. The number of carbonyl (C=O) groups excluding carboxylic acids is 1. The number of benzene rings is 1. The molecule has 5 nitrogen and oxygen atoms in total. The molecule has 0 unspecified atom stereocenters. The summed E-state index contributed by atoms with van der Waals surface area (Å²) in [5.74, 6) is 0.300. The minimum atomic E-state index is -0.517. The monoisotopic (exact) mass is 273 g/mol. The van der Waals surface area contributed by atoms with E-state index in [1.807, 2.05) is 19.1 Å². The number of phenolic OH excluding ortho intramolecular Hbond substituents is 1. The minimum absolute atomic E-state index is 0.0266. The molecule has 106 valence electrons. The standard InChI is InChI=1S/C15H19N3O2/c1-10-6-11(2-4-14(10)19)3-5-15(20)13(16)7-12-8-17-9-18-12/h2,4,6,8-9,13,19H,3,5,7,16H2,1H3,(H,17,18)/t13-/m0/s1. The molecule has 0 bridgehead atoms. The van der Waals surface area contributed by atoms with Crippen molar-refractivity contribution < 1.29 is 9.90 Å². The molecule has 1 aromatic carbocycles. The SMILES string of the molecule is Cc1cc(CCC(=O)[C@@H](N)Cc2c[nH]cn2)ccc1O. The van der Waals surface area contributed by atoms with Crippen LogP contribution in [0.25, 0.3) is 0 Å². The molecule has 0 spiro atoms. The van der Waals surface area contributed by atoms with E-state index in [9.17, 15) is 9.90 Å². The molecule has 4 N–H and O–H groups in total. The quantitative estimate of drug-likeness (QED) is 0.743. The first-order valence-electron chi connectivity index (χ1n) is 6.60. The van der Waals surface area contributed by atoms with Gasteiger partial charge in [-0.15, -0.1) is 0 Å². The summed E-state index contributed by atoms with van der Waals surface area (Å²) in [4.78, 5) is 18.9. The van der Waals surface area contributed by atoms with E-state index >= 15 is 0 Å². The number of phenols is 1. The zero-order valence-electron chi connectivity index (χ0n) is 11.5. The van der Waals surface area contributed by atoms with Crippen LogP contribution in [0.1, 0.15) is 23.2 Å². The van der Waals surface area contributed by atoms with Crippen LogP contribution in [0.3, 0.4) is 0 Å². The third kappa shape index (κ3) is 3.68. The van der Waals surface area contributed by atoms with E-state index in [2.05, 4.69) is 9.97 Å². The Labute approximate surface area is 117 Å². The Morgan fingerprint density at radius 2 is 2.30 bits per heavy atom. The van der Waals surface area contributed by atoms with Gasteiger partial charge in [0.25, 0.3) is 0 Å². The van der Waals surface area contributed by atoms with Crippen LogP contribution in [0.5, 0.6) is 5.75 Å². The summed E-state index contributed by atoms with van der Waals surface area (Å²) in [6, 6.07) is 4.85. The Bertz CT molecular complexity index is 579. The van der Waals surface area contributed by atoms with Gasteiger partial charge in [0.05, 0.1) is 18.1 Å². The molecule has 20 heavy (non-hydrogen) atoms. The number of aromatic hydroxyl groups is 1. The van der Waals surface area contributed by atoms with Crippen LogP contribution in [0.2, 0.25) is 0 Å². The van der Waals surface area contributed by atoms with Crippen molar-refractivity contribution in [2.75, 3.05) is 0 Å². The first kappa shape index (κ1) is 14.3. The number of aromatic amines is 1. The predicted octanol–water partition coefficient (Wildman–Crippen LogP) is 1.50. The first-order valence-corrected chi connectivity index (χ1v) is 6.60. The molecule has 2 aromatic rings. The van der Waals surface area contributed by atoms with Gasteiger partial charge in [0.2, 0.25) is 0 Å². The fraction of sp³-hybridized carbons (Fsp3) is 0.333. The molecule has 1 aromatic heterocycles. The van der Waals surface area contributed by atoms with Gasteiger partial charge >= 0.3 is 0 Å². The van der Waals surface area contributed by atoms with E-state index in [-0.39, 0.29) is 11.5 Å². The van der Waals surface area contributed by atoms with Gasteiger partial charge in [0.15, 0.2) is 0 Å². The molecule has 1 heterocycles. The number of nitrogens with one attached hydrogen (secondary N) is 1. The fourth-order valence-electron chi connectivity index (χ4n) is 2.07. The normalized spacial score (nSPS) is 12.3. The average Bonchev–Trinajstić information content (AvgIpc) is 2.92. The van der Waals surface area contributed by atoms with Crippen LogP contribution in [0.15, 0.2) is 30.7 Å². The Balaban J connectivity index is 1.86. The van der Waals surface area contributed by atoms with Crippen molar-refractivity contribution in [3.63, 3.8) is 0 Å². The van der Waals surface area contributed by atoms with Gasteiger partial charge < -0.3 is 15.8 Å². The number of aromatic nitrogens is 2. The second-order valence-corrected chi connectivity index (χ2v) is 4.96. The Morgan fingerprint density at radius 1 is 1.50 bits per heavy atom. The lowest BCUT2D eigenvalue weighted by Crippen LogP contribution is -2.33. The number of imidazole rings is 1. The maximum absolute atomic E-state index is 12.0. The van der Waals surface area contributed by atoms with Crippen molar-refractivity contribution in [2.24, 2.45) is 5.73 Å². The first-order chi connectivity index (χ1) is 9.56. The summed E-state index contributed by atoms with van der Waals surface area (Å²) in [6.07, 6.45) is 4.81. The number of aryl methyl sites for hydroxylation is 2. The summed E-state index contributed by atoms with van der Waals surface area (Å²) >= 11 is 0. The largest absolute Gasteiger partial charge is 0.508 e. The second kappa shape index (κ2) is 6.34. The van der Waals surface area contributed by atoms with Gasteiger partial charge in [-0.25, -0.2) is 4.98 Å². The highest BCUT2D eigenvalue weighted by Gasteiger charge is 2.15. The van der Waals surface area contributed by atoms with E-state index in [0.717, 1.165) is 16.8 Å². The van der Waals surface area contributed by atoms with E-state index in [1.54, 1.807) is 18.6 Å². The number of nitrogens with zero attached hydrogens (tertiary/aromatic N) is 1. The van der Waals surface area contributed by atoms with E-state index in [0.29, 0.717) is 19.3 Å². The molecule has 0 saturated carbocycles. The van der Waals surface area contributed by atoms with Crippen molar-refractivity contribution in [3.05, 3.63) is 47.5 Å². The highest BCUT2D eigenvalue weighted by atomic mass is 16.3. The van der Waals surface area contributed by atoms with E-state index in [1.165, 1.54) is 0 Å². The molecule has 0 aliphatic carbocycles. The summed E-state index contributed by atoms with van der Waals surface area (Å²) in [7, 11) is 0. The van der Waals surface area contributed by atoms with Gasteiger partial charge in [-0.1, -0.05) is 12.1 Å². The topological polar surface area (TPSA) is 92.0 Å². The van der Waals surface area contributed by atoms with Crippen LogP contribution < -0.4 is 5.73 Å². The maximum Gasteiger partial charge on any atom is 0.150 e. The molecular weight excluding hydrogens is 254 g/mol. The third-order valence-electron chi connectivity index (χ3n) is 3.32. The number of hydrogen-bond acceptors (Lipinski definition) is 4. The summed E-state index contributed by atoms with van der Waals surface area (Å²) in [6.45, 7) is 1.84. The number of H-pyrrole nitrogens is 1. The summed E-state index contributed by atoms with van der Waals surface area (Å²) in [5.41, 5.74) is 8.52. The number of nitrogens with two attached hydrogens (primary N) is 1. The molecule has 0 aliphatic heterocycles. The van der Waals surface area contributed by atoms with Gasteiger partial charge in [0.1, 0.15) is 11.5 Å².